The standard InChI is InChI=1S/C20H19FN2O2S/c21-16-9-1-2-10-17(16)23-18(24)12-26-20(23)14-7-4-8-15(11-14)22-19(25)13-5-3-6-13/h1-2,4,7-11,13,20H,3,5-6,12H2,(H,22,25)/t20-/m0/s1. The van der Waals surface area contributed by atoms with E-state index in [1.165, 1.54) is 22.7 Å². The van der Waals surface area contributed by atoms with Crippen LogP contribution in [0.5, 0.6) is 0 Å². The Morgan fingerprint density at radius 1 is 1.15 bits per heavy atom. The lowest BCUT2D eigenvalue weighted by atomic mass is 9.85. The first-order valence-electron chi connectivity index (χ1n) is 8.72. The highest BCUT2D eigenvalue weighted by atomic mass is 32.2. The molecule has 1 saturated carbocycles. The summed E-state index contributed by atoms with van der Waals surface area (Å²) in [6.45, 7) is 0. The van der Waals surface area contributed by atoms with Crippen LogP contribution in [0.2, 0.25) is 0 Å². The van der Waals surface area contributed by atoms with Crippen molar-refractivity contribution in [3.05, 3.63) is 59.9 Å². The molecule has 2 amide bonds. The Morgan fingerprint density at radius 3 is 2.69 bits per heavy atom. The number of amides is 2. The van der Waals surface area contributed by atoms with E-state index in [0.29, 0.717) is 11.4 Å². The van der Waals surface area contributed by atoms with E-state index in [9.17, 15) is 14.0 Å². The Labute approximate surface area is 155 Å². The molecular formula is C20H19FN2O2S. The van der Waals surface area contributed by atoms with Crippen LogP contribution >= 0.6 is 11.8 Å². The second-order valence-corrected chi connectivity index (χ2v) is 7.69. The topological polar surface area (TPSA) is 49.4 Å². The van der Waals surface area contributed by atoms with Gasteiger partial charge in [-0.3, -0.25) is 14.5 Å². The van der Waals surface area contributed by atoms with E-state index in [2.05, 4.69) is 5.32 Å². The predicted molar refractivity (Wildman–Crippen MR) is 101 cm³/mol. The van der Waals surface area contributed by atoms with Gasteiger partial charge in [0, 0.05) is 11.6 Å². The minimum absolute atomic E-state index is 0.0505. The number of halogens is 1. The van der Waals surface area contributed by atoms with E-state index in [-0.39, 0.29) is 28.8 Å². The first kappa shape index (κ1) is 17.1. The summed E-state index contributed by atoms with van der Waals surface area (Å²) in [7, 11) is 0. The average molecular weight is 370 g/mol. The second-order valence-electron chi connectivity index (χ2n) is 6.62. The maximum Gasteiger partial charge on any atom is 0.238 e. The number of carbonyl (C=O) groups excluding carboxylic acids is 2. The first-order chi connectivity index (χ1) is 12.6. The number of benzene rings is 2. The molecule has 1 heterocycles. The molecule has 4 nitrogen and oxygen atoms in total. The summed E-state index contributed by atoms with van der Waals surface area (Å²) in [6.07, 6.45) is 3.00. The lowest BCUT2D eigenvalue weighted by Crippen LogP contribution is -2.29. The molecule has 134 valence electrons. The largest absolute Gasteiger partial charge is 0.326 e. The molecule has 2 fully saturated rings. The number of hydrogen-bond donors (Lipinski definition) is 1. The minimum atomic E-state index is -0.414. The number of carbonyl (C=O) groups is 2. The molecule has 0 aromatic heterocycles. The molecule has 0 unspecified atom stereocenters. The van der Waals surface area contributed by atoms with Crippen molar-refractivity contribution >= 4 is 35.0 Å². The zero-order chi connectivity index (χ0) is 18.1. The van der Waals surface area contributed by atoms with Crippen LogP contribution in [0.1, 0.15) is 30.2 Å². The van der Waals surface area contributed by atoms with Gasteiger partial charge in [-0.15, -0.1) is 11.8 Å². The van der Waals surface area contributed by atoms with Gasteiger partial charge >= 0.3 is 0 Å². The lowest BCUT2D eigenvalue weighted by Gasteiger charge is -2.26. The summed E-state index contributed by atoms with van der Waals surface area (Å²) in [5.74, 6) is -0.0696. The van der Waals surface area contributed by atoms with Gasteiger partial charge in [-0.1, -0.05) is 30.7 Å². The number of hydrogen-bond acceptors (Lipinski definition) is 3. The SMILES string of the molecule is O=C(Nc1cccc([C@@H]2SCC(=O)N2c2ccccc2F)c1)C1CCC1. The van der Waals surface area contributed by atoms with Crippen molar-refractivity contribution in [2.24, 2.45) is 5.92 Å². The normalized spacial score (nSPS) is 20.1. The summed E-state index contributed by atoms with van der Waals surface area (Å²) in [5, 5.41) is 2.65. The number of thioether (sulfide) groups is 1. The second kappa shape index (κ2) is 7.11. The Bertz CT molecular complexity index is 853. The van der Waals surface area contributed by atoms with Crippen LogP contribution in [0.4, 0.5) is 15.8 Å². The Balaban J connectivity index is 1.59. The molecule has 6 heteroatoms. The molecule has 1 aliphatic heterocycles. The molecule has 1 saturated heterocycles. The van der Waals surface area contributed by atoms with E-state index in [1.54, 1.807) is 18.2 Å². The Morgan fingerprint density at radius 2 is 1.96 bits per heavy atom. The van der Waals surface area contributed by atoms with Gasteiger partial charge in [0.15, 0.2) is 0 Å². The van der Waals surface area contributed by atoms with Gasteiger partial charge in [-0.05, 0) is 42.7 Å². The molecule has 1 atom stereocenters. The van der Waals surface area contributed by atoms with Crippen LogP contribution in [-0.4, -0.2) is 17.6 Å². The van der Waals surface area contributed by atoms with Crippen LogP contribution < -0.4 is 10.2 Å². The Hall–Kier alpha value is -2.34. The zero-order valence-corrected chi connectivity index (χ0v) is 15.0. The van der Waals surface area contributed by atoms with E-state index in [1.807, 2.05) is 24.3 Å². The molecule has 0 radical (unpaired) electrons. The van der Waals surface area contributed by atoms with Crippen molar-refractivity contribution in [2.75, 3.05) is 16.0 Å². The van der Waals surface area contributed by atoms with Crippen molar-refractivity contribution in [1.29, 1.82) is 0 Å². The summed E-state index contributed by atoms with van der Waals surface area (Å²) in [6, 6.07) is 13.8. The third-order valence-electron chi connectivity index (χ3n) is 4.90. The van der Waals surface area contributed by atoms with Gasteiger partial charge in [0.05, 0.1) is 11.4 Å². The number of nitrogens with zero attached hydrogens (tertiary/aromatic N) is 1. The molecule has 4 rings (SSSR count). The van der Waals surface area contributed by atoms with Crippen molar-refractivity contribution in [3.63, 3.8) is 0 Å². The average Bonchev–Trinajstić information content (AvgIpc) is 2.95. The first-order valence-corrected chi connectivity index (χ1v) is 9.77. The maximum absolute atomic E-state index is 14.2. The van der Waals surface area contributed by atoms with Crippen LogP contribution in [-0.2, 0) is 9.59 Å². The Kier molecular flexibility index (Phi) is 4.68. The summed E-state index contributed by atoms with van der Waals surface area (Å²) >= 11 is 1.46. The number of rotatable bonds is 4. The fourth-order valence-corrected chi connectivity index (χ4v) is 4.42. The van der Waals surface area contributed by atoms with Crippen molar-refractivity contribution < 1.29 is 14.0 Å². The van der Waals surface area contributed by atoms with E-state index < -0.39 is 5.82 Å². The molecule has 2 aliphatic rings. The van der Waals surface area contributed by atoms with E-state index in [0.717, 1.165) is 24.8 Å². The lowest BCUT2D eigenvalue weighted by molar-refractivity contribution is -0.122. The molecule has 0 bridgehead atoms. The van der Waals surface area contributed by atoms with Crippen molar-refractivity contribution in [3.8, 4) is 0 Å². The van der Waals surface area contributed by atoms with Crippen molar-refractivity contribution in [1.82, 2.24) is 0 Å². The van der Waals surface area contributed by atoms with Gasteiger partial charge in [-0.2, -0.15) is 0 Å². The number of para-hydroxylation sites is 1. The summed E-state index contributed by atoms with van der Waals surface area (Å²) < 4.78 is 14.2. The minimum Gasteiger partial charge on any atom is -0.326 e. The van der Waals surface area contributed by atoms with Gasteiger partial charge in [0.1, 0.15) is 11.2 Å². The number of nitrogens with one attached hydrogen (secondary N) is 1. The molecule has 1 N–H and O–H groups in total. The number of anilines is 2. The molecular weight excluding hydrogens is 351 g/mol. The summed E-state index contributed by atoms with van der Waals surface area (Å²) in [5.41, 5.74) is 1.87. The fraction of sp³-hybridized carbons (Fsp3) is 0.300. The molecule has 2 aromatic rings. The smallest absolute Gasteiger partial charge is 0.238 e. The monoisotopic (exact) mass is 370 g/mol. The van der Waals surface area contributed by atoms with Crippen LogP contribution in [0.25, 0.3) is 0 Å². The third-order valence-corrected chi connectivity index (χ3v) is 6.11. The quantitative estimate of drug-likeness (QED) is 0.871. The van der Waals surface area contributed by atoms with Crippen LogP contribution in [0.3, 0.4) is 0 Å². The highest BCUT2D eigenvalue weighted by Gasteiger charge is 2.35. The fourth-order valence-electron chi connectivity index (χ4n) is 3.26. The van der Waals surface area contributed by atoms with Gasteiger partial charge < -0.3 is 5.32 Å². The van der Waals surface area contributed by atoms with Gasteiger partial charge in [-0.25, -0.2) is 4.39 Å². The molecule has 2 aromatic carbocycles. The van der Waals surface area contributed by atoms with E-state index in [4.69, 9.17) is 0 Å². The predicted octanol–water partition coefficient (Wildman–Crippen LogP) is 4.34. The van der Waals surface area contributed by atoms with E-state index >= 15 is 0 Å². The maximum atomic E-state index is 14.2. The van der Waals surface area contributed by atoms with Gasteiger partial charge in [0.25, 0.3) is 0 Å². The molecule has 26 heavy (non-hydrogen) atoms. The highest BCUT2D eigenvalue weighted by molar-refractivity contribution is 8.00. The third kappa shape index (κ3) is 3.21. The van der Waals surface area contributed by atoms with Crippen molar-refractivity contribution in [2.45, 2.75) is 24.6 Å². The highest BCUT2D eigenvalue weighted by Crippen LogP contribution is 2.43. The van der Waals surface area contributed by atoms with Crippen LogP contribution in [0.15, 0.2) is 48.5 Å². The van der Waals surface area contributed by atoms with Crippen LogP contribution in [0, 0.1) is 11.7 Å². The zero-order valence-electron chi connectivity index (χ0n) is 14.2. The van der Waals surface area contributed by atoms with Gasteiger partial charge in [0.2, 0.25) is 11.8 Å². The summed E-state index contributed by atoms with van der Waals surface area (Å²) in [4.78, 5) is 26.1. The molecule has 0 spiro atoms. The molecule has 1 aliphatic carbocycles.